The summed E-state index contributed by atoms with van der Waals surface area (Å²) in [6.45, 7) is 0. The number of hydrogen-bond donors (Lipinski definition) is 2. The molecule has 0 spiro atoms. The molecular weight excluding hydrogens is 358 g/mol. The number of halogens is 1. The van der Waals surface area contributed by atoms with E-state index >= 15 is 0 Å². The summed E-state index contributed by atoms with van der Waals surface area (Å²) >= 11 is 7.45. The molecule has 1 fully saturated rings. The predicted octanol–water partition coefficient (Wildman–Crippen LogP) is 3.90. The zero-order valence-corrected chi connectivity index (χ0v) is 15.0. The van der Waals surface area contributed by atoms with Crippen molar-refractivity contribution in [2.24, 2.45) is 0 Å². The highest BCUT2D eigenvalue weighted by molar-refractivity contribution is 8.00. The van der Waals surface area contributed by atoms with Crippen LogP contribution in [0.2, 0.25) is 5.02 Å². The minimum absolute atomic E-state index is 0.0239. The molecule has 1 atom stereocenters. The molecule has 6 heteroatoms. The first-order valence-corrected chi connectivity index (χ1v) is 9.39. The van der Waals surface area contributed by atoms with E-state index in [0.29, 0.717) is 17.9 Å². The molecule has 25 heavy (non-hydrogen) atoms. The third kappa shape index (κ3) is 4.35. The number of carboxylic acids is 1. The predicted molar refractivity (Wildman–Crippen MR) is 99.9 cm³/mol. The maximum atomic E-state index is 12.2. The molecule has 2 aromatic rings. The average molecular weight is 376 g/mol. The van der Waals surface area contributed by atoms with Gasteiger partial charge < -0.3 is 10.4 Å². The smallest absolute Gasteiger partial charge is 0.329 e. The largest absolute Gasteiger partial charge is 0.480 e. The lowest BCUT2D eigenvalue weighted by atomic mass is 10.0. The molecule has 1 aliphatic rings. The first-order chi connectivity index (χ1) is 12.0. The van der Waals surface area contributed by atoms with Gasteiger partial charge in [-0.25, -0.2) is 4.79 Å². The van der Waals surface area contributed by atoms with E-state index in [1.165, 1.54) is 11.8 Å². The first kappa shape index (κ1) is 17.8. The third-order valence-electron chi connectivity index (χ3n) is 4.19. The quantitative estimate of drug-likeness (QED) is 0.770. The van der Waals surface area contributed by atoms with Crippen molar-refractivity contribution in [3.05, 3.63) is 70.7 Å². The van der Waals surface area contributed by atoms with E-state index in [1.54, 1.807) is 0 Å². The normalized spacial score (nSPS) is 16.0. The zero-order chi connectivity index (χ0) is 17.9. The van der Waals surface area contributed by atoms with Crippen LogP contribution in [0.4, 0.5) is 0 Å². The molecule has 1 aliphatic carbocycles. The molecule has 0 aliphatic heterocycles. The maximum absolute atomic E-state index is 12.2. The van der Waals surface area contributed by atoms with Crippen LogP contribution in [-0.2, 0) is 9.59 Å². The van der Waals surface area contributed by atoms with Gasteiger partial charge in [0.1, 0.15) is 5.54 Å². The summed E-state index contributed by atoms with van der Waals surface area (Å²) in [6.07, 6.45) is 0.996. The topological polar surface area (TPSA) is 66.4 Å². The average Bonchev–Trinajstić information content (AvgIpc) is 3.38. The van der Waals surface area contributed by atoms with Crippen LogP contribution < -0.4 is 5.32 Å². The summed E-state index contributed by atoms with van der Waals surface area (Å²) in [5.74, 6) is -1.01. The van der Waals surface area contributed by atoms with Crippen LogP contribution in [-0.4, -0.2) is 28.3 Å². The van der Waals surface area contributed by atoms with Gasteiger partial charge in [-0.15, -0.1) is 11.8 Å². The molecule has 0 heterocycles. The Morgan fingerprint density at radius 3 is 2.24 bits per heavy atom. The van der Waals surface area contributed by atoms with E-state index in [0.717, 1.165) is 11.1 Å². The number of thioether (sulfide) groups is 1. The summed E-state index contributed by atoms with van der Waals surface area (Å²) in [5, 5.41) is 12.5. The highest BCUT2D eigenvalue weighted by Gasteiger charge is 2.51. The van der Waals surface area contributed by atoms with Gasteiger partial charge in [0, 0.05) is 5.02 Å². The second-order valence-electron chi connectivity index (χ2n) is 6.09. The highest BCUT2D eigenvalue weighted by atomic mass is 35.5. The van der Waals surface area contributed by atoms with Gasteiger partial charge >= 0.3 is 5.97 Å². The van der Waals surface area contributed by atoms with Crippen molar-refractivity contribution in [2.45, 2.75) is 23.6 Å². The number of hydrogen-bond acceptors (Lipinski definition) is 3. The zero-order valence-electron chi connectivity index (χ0n) is 13.4. The molecule has 1 amide bonds. The Labute approximate surface area is 155 Å². The van der Waals surface area contributed by atoms with Crippen LogP contribution in [0.25, 0.3) is 0 Å². The summed E-state index contributed by atoms with van der Waals surface area (Å²) in [7, 11) is 0. The Morgan fingerprint density at radius 1 is 1.08 bits per heavy atom. The molecule has 0 bridgehead atoms. The van der Waals surface area contributed by atoms with E-state index in [4.69, 9.17) is 11.6 Å². The number of aliphatic carboxylic acids is 1. The van der Waals surface area contributed by atoms with Crippen LogP contribution in [0.3, 0.4) is 0 Å². The second-order valence-corrected chi connectivity index (χ2v) is 7.62. The van der Waals surface area contributed by atoms with Crippen LogP contribution in [0.15, 0.2) is 54.6 Å². The van der Waals surface area contributed by atoms with Gasteiger partial charge in [-0.2, -0.15) is 0 Å². The van der Waals surface area contributed by atoms with Crippen molar-refractivity contribution >= 4 is 35.2 Å². The van der Waals surface area contributed by atoms with Gasteiger partial charge in [-0.05, 0) is 36.1 Å². The molecule has 0 aromatic heterocycles. The lowest BCUT2D eigenvalue weighted by Crippen LogP contribution is -2.43. The Hall–Kier alpha value is -1.98. The number of nitrogens with one attached hydrogen (secondary N) is 1. The van der Waals surface area contributed by atoms with Crippen molar-refractivity contribution in [2.75, 3.05) is 5.75 Å². The standard InChI is InChI=1S/C19H18ClNO3S/c20-15-8-6-14(7-9-15)17(13-4-2-1-3-5-13)25-12-16(22)21-19(10-11-19)18(23)24/h1-9,17H,10-12H2,(H,21,22)(H,23,24)/t17-/m0/s1. The Balaban J connectivity index is 1.71. The van der Waals surface area contributed by atoms with Crippen molar-refractivity contribution in [1.82, 2.24) is 5.32 Å². The Morgan fingerprint density at radius 2 is 1.68 bits per heavy atom. The van der Waals surface area contributed by atoms with Crippen LogP contribution in [0.1, 0.15) is 29.2 Å². The van der Waals surface area contributed by atoms with E-state index in [2.05, 4.69) is 5.32 Å². The van der Waals surface area contributed by atoms with Crippen LogP contribution >= 0.6 is 23.4 Å². The number of benzene rings is 2. The molecule has 2 aromatic carbocycles. The molecule has 3 rings (SSSR count). The van der Waals surface area contributed by atoms with Gasteiger partial charge in [0.15, 0.2) is 0 Å². The summed E-state index contributed by atoms with van der Waals surface area (Å²) in [4.78, 5) is 23.4. The second kappa shape index (κ2) is 7.50. The molecule has 130 valence electrons. The molecule has 4 nitrogen and oxygen atoms in total. The molecule has 0 radical (unpaired) electrons. The van der Waals surface area contributed by atoms with Crippen molar-refractivity contribution in [3.8, 4) is 0 Å². The summed E-state index contributed by atoms with van der Waals surface area (Å²) in [6, 6.07) is 17.5. The summed E-state index contributed by atoms with van der Waals surface area (Å²) < 4.78 is 0. The number of carbonyl (C=O) groups excluding carboxylic acids is 1. The van der Waals surface area contributed by atoms with Gasteiger partial charge in [0.25, 0.3) is 0 Å². The minimum Gasteiger partial charge on any atom is -0.480 e. The molecule has 0 unspecified atom stereocenters. The Kier molecular flexibility index (Phi) is 5.35. The minimum atomic E-state index is -1.04. The molecule has 2 N–H and O–H groups in total. The van der Waals surface area contributed by atoms with Crippen LogP contribution in [0.5, 0.6) is 0 Å². The molecular formula is C19H18ClNO3S. The van der Waals surface area contributed by atoms with Gasteiger partial charge in [-0.3, -0.25) is 4.79 Å². The SMILES string of the molecule is O=C(CS[C@@H](c1ccccc1)c1ccc(Cl)cc1)NC1(C(=O)O)CC1. The van der Waals surface area contributed by atoms with Crippen LogP contribution in [0, 0.1) is 0 Å². The van der Waals surface area contributed by atoms with E-state index in [-0.39, 0.29) is 16.9 Å². The van der Waals surface area contributed by atoms with Crippen molar-refractivity contribution in [3.63, 3.8) is 0 Å². The molecule has 0 saturated heterocycles. The van der Waals surface area contributed by atoms with Crippen molar-refractivity contribution in [1.29, 1.82) is 0 Å². The Bertz CT molecular complexity index is 760. The first-order valence-electron chi connectivity index (χ1n) is 7.97. The lowest BCUT2D eigenvalue weighted by molar-refractivity contribution is -0.142. The summed E-state index contributed by atoms with van der Waals surface area (Å²) in [5.41, 5.74) is 1.09. The number of carbonyl (C=O) groups is 2. The highest BCUT2D eigenvalue weighted by Crippen LogP contribution is 2.38. The fraction of sp³-hybridized carbons (Fsp3) is 0.263. The monoisotopic (exact) mass is 375 g/mol. The maximum Gasteiger partial charge on any atom is 0.329 e. The lowest BCUT2D eigenvalue weighted by Gasteiger charge is -2.19. The van der Waals surface area contributed by atoms with E-state index in [1.807, 2.05) is 54.6 Å². The fourth-order valence-electron chi connectivity index (χ4n) is 2.63. The van der Waals surface area contributed by atoms with E-state index in [9.17, 15) is 14.7 Å². The van der Waals surface area contributed by atoms with Gasteiger partial charge in [0.05, 0.1) is 11.0 Å². The third-order valence-corrected chi connectivity index (χ3v) is 5.75. The number of rotatable bonds is 7. The molecule has 1 saturated carbocycles. The van der Waals surface area contributed by atoms with E-state index < -0.39 is 11.5 Å². The van der Waals surface area contributed by atoms with Gasteiger partial charge in [0.2, 0.25) is 5.91 Å². The van der Waals surface area contributed by atoms with Gasteiger partial charge in [-0.1, -0.05) is 54.1 Å². The fourth-order valence-corrected chi connectivity index (χ4v) is 3.84. The number of amides is 1. The number of carboxylic acid groups (broad SMARTS) is 1. The van der Waals surface area contributed by atoms with Crippen molar-refractivity contribution < 1.29 is 14.7 Å².